The van der Waals surface area contributed by atoms with Gasteiger partial charge in [0.2, 0.25) is 0 Å². The minimum absolute atomic E-state index is 0.232. The van der Waals surface area contributed by atoms with Gasteiger partial charge < -0.3 is 10.1 Å². The van der Waals surface area contributed by atoms with Crippen molar-refractivity contribution in [1.29, 1.82) is 0 Å². The molecule has 0 aliphatic rings. The van der Waals surface area contributed by atoms with Crippen molar-refractivity contribution in [2.24, 2.45) is 0 Å². The highest BCUT2D eigenvalue weighted by atomic mass is 35.5. The molecule has 1 rings (SSSR count). The van der Waals surface area contributed by atoms with E-state index in [1.807, 2.05) is 18.2 Å². The Morgan fingerprint density at radius 2 is 2.07 bits per heavy atom. The van der Waals surface area contributed by atoms with Gasteiger partial charge in [-0.15, -0.1) is 0 Å². The number of ether oxygens (including phenoxy) is 1. The number of hydrogen-bond acceptors (Lipinski definition) is 2. The van der Waals surface area contributed by atoms with Gasteiger partial charge in [-0.3, -0.25) is 0 Å². The molecule has 0 radical (unpaired) electrons. The van der Waals surface area contributed by atoms with Gasteiger partial charge in [0, 0.05) is 6.54 Å². The van der Waals surface area contributed by atoms with Crippen LogP contribution in [0.5, 0.6) is 0 Å². The molecular weight excluding hydrogens is 224 g/mol. The van der Waals surface area contributed by atoms with E-state index in [2.05, 4.69) is 5.32 Å². The molecule has 0 bridgehead atoms. The number of rotatable bonds is 6. The van der Waals surface area contributed by atoms with Gasteiger partial charge >= 0.3 is 0 Å². The zero-order valence-corrected chi connectivity index (χ0v) is 8.81. The van der Waals surface area contributed by atoms with E-state index < -0.39 is 13.0 Å². The molecule has 0 atom stereocenters. The van der Waals surface area contributed by atoms with Crippen LogP contribution in [-0.2, 0) is 4.74 Å². The Bertz CT molecular complexity index is 297. The molecule has 1 N–H and O–H groups in total. The van der Waals surface area contributed by atoms with Gasteiger partial charge in [-0.1, -0.05) is 23.7 Å². The highest BCUT2D eigenvalue weighted by Crippen LogP contribution is 2.19. The molecular formula is C10H12ClF2NO. The fourth-order valence-electron chi connectivity index (χ4n) is 1.03. The first-order valence-corrected chi connectivity index (χ1v) is 4.92. The number of hydrogen-bond donors (Lipinski definition) is 1. The second kappa shape index (κ2) is 6.58. The number of halogens is 3. The predicted octanol–water partition coefficient (Wildman–Crippen LogP) is 3.03. The van der Waals surface area contributed by atoms with E-state index in [-0.39, 0.29) is 6.61 Å². The van der Waals surface area contributed by atoms with Crippen LogP contribution in [0, 0.1) is 0 Å². The van der Waals surface area contributed by atoms with Crippen LogP contribution in [0.25, 0.3) is 0 Å². The van der Waals surface area contributed by atoms with Crippen LogP contribution >= 0.6 is 11.6 Å². The largest absolute Gasteiger partial charge is 0.382 e. The average molecular weight is 236 g/mol. The first kappa shape index (κ1) is 12.2. The van der Waals surface area contributed by atoms with Gasteiger partial charge in [0.1, 0.15) is 6.61 Å². The molecule has 0 aromatic heterocycles. The Hall–Kier alpha value is -0.870. The molecule has 0 spiro atoms. The quantitative estimate of drug-likeness (QED) is 0.766. The molecule has 15 heavy (non-hydrogen) atoms. The fourth-order valence-corrected chi connectivity index (χ4v) is 1.24. The summed E-state index contributed by atoms with van der Waals surface area (Å²) in [6.07, 6.45) is -2.41. The summed E-state index contributed by atoms with van der Waals surface area (Å²) in [6.45, 7) is 0.163. The van der Waals surface area contributed by atoms with Crippen molar-refractivity contribution in [3.05, 3.63) is 29.3 Å². The lowest BCUT2D eigenvalue weighted by molar-refractivity contribution is 0.0215. The summed E-state index contributed by atoms with van der Waals surface area (Å²) < 4.78 is 28.1. The normalized spacial score (nSPS) is 10.7. The van der Waals surface area contributed by atoms with Crippen molar-refractivity contribution in [2.45, 2.75) is 6.43 Å². The number of para-hydroxylation sites is 1. The highest BCUT2D eigenvalue weighted by Gasteiger charge is 2.01. The molecule has 0 unspecified atom stereocenters. The summed E-state index contributed by atoms with van der Waals surface area (Å²) in [5, 5.41) is 3.59. The second-order valence-electron chi connectivity index (χ2n) is 2.87. The van der Waals surface area contributed by atoms with E-state index in [1.54, 1.807) is 6.07 Å². The smallest absolute Gasteiger partial charge is 0.261 e. The molecule has 2 nitrogen and oxygen atoms in total. The van der Waals surface area contributed by atoms with E-state index >= 15 is 0 Å². The van der Waals surface area contributed by atoms with Crippen molar-refractivity contribution in [3.8, 4) is 0 Å². The van der Waals surface area contributed by atoms with Crippen molar-refractivity contribution in [3.63, 3.8) is 0 Å². The van der Waals surface area contributed by atoms with Crippen LogP contribution < -0.4 is 5.32 Å². The number of nitrogens with one attached hydrogen (secondary N) is 1. The number of alkyl halides is 2. The van der Waals surface area contributed by atoms with E-state index in [1.165, 1.54) is 0 Å². The lowest BCUT2D eigenvalue weighted by Crippen LogP contribution is -2.13. The molecule has 0 heterocycles. The van der Waals surface area contributed by atoms with Gasteiger partial charge in [0.05, 0.1) is 17.3 Å². The summed E-state index contributed by atoms with van der Waals surface area (Å²) in [5.41, 5.74) is 0.778. The molecule has 0 aliphatic heterocycles. The van der Waals surface area contributed by atoms with Crippen LogP contribution in [0.1, 0.15) is 0 Å². The molecule has 5 heteroatoms. The summed E-state index contributed by atoms with van der Waals surface area (Å²) in [6, 6.07) is 7.23. The lowest BCUT2D eigenvalue weighted by atomic mass is 10.3. The van der Waals surface area contributed by atoms with Crippen molar-refractivity contribution >= 4 is 17.3 Å². The summed E-state index contributed by atoms with van der Waals surface area (Å²) >= 11 is 5.86. The molecule has 0 aliphatic carbocycles. The Morgan fingerprint density at radius 1 is 1.33 bits per heavy atom. The average Bonchev–Trinajstić information content (AvgIpc) is 2.20. The molecule has 84 valence electrons. The van der Waals surface area contributed by atoms with Gasteiger partial charge in [0.25, 0.3) is 6.43 Å². The first-order chi connectivity index (χ1) is 7.20. The van der Waals surface area contributed by atoms with Gasteiger partial charge in [-0.2, -0.15) is 0 Å². The SMILES string of the molecule is FC(F)COCCNc1ccccc1Cl. The third-order valence-corrected chi connectivity index (χ3v) is 2.01. The maximum absolute atomic E-state index is 11.7. The first-order valence-electron chi connectivity index (χ1n) is 4.54. The van der Waals surface area contributed by atoms with Crippen molar-refractivity contribution in [2.75, 3.05) is 25.1 Å². The van der Waals surface area contributed by atoms with Crippen LogP contribution in [-0.4, -0.2) is 26.2 Å². The Balaban J connectivity index is 2.18. The third kappa shape index (κ3) is 4.95. The summed E-state index contributed by atoms with van der Waals surface area (Å²) in [5.74, 6) is 0. The highest BCUT2D eigenvalue weighted by molar-refractivity contribution is 6.33. The third-order valence-electron chi connectivity index (χ3n) is 1.68. The standard InChI is InChI=1S/C10H12ClF2NO/c11-8-3-1-2-4-9(8)14-5-6-15-7-10(12)13/h1-4,10,14H,5-7H2. The zero-order chi connectivity index (χ0) is 11.1. The Morgan fingerprint density at radius 3 is 2.73 bits per heavy atom. The van der Waals surface area contributed by atoms with E-state index in [0.717, 1.165) is 5.69 Å². The van der Waals surface area contributed by atoms with Crippen LogP contribution in [0.4, 0.5) is 14.5 Å². The van der Waals surface area contributed by atoms with E-state index in [4.69, 9.17) is 16.3 Å². The number of benzene rings is 1. The van der Waals surface area contributed by atoms with Crippen molar-refractivity contribution < 1.29 is 13.5 Å². The minimum atomic E-state index is -2.41. The summed E-state index contributed by atoms with van der Waals surface area (Å²) in [7, 11) is 0. The van der Waals surface area contributed by atoms with Crippen molar-refractivity contribution in [1.82, 2.24) is 0 Å². The van der Waals surface area contributed by atoms with Crippen LogP contribution in [0.15, 0.2) is 24.3 Å². The molecule has 1 aromatic rings. The number of anilines is 1. The predicted molar refractivity (Wildman–Crippen MR) is 56.8 cm³/mol. The molecule has 0 saturated heterocycles. The fraction of sp³-hybridized carbons (Fsp3) is 0.400. The van der Waals surface area contributed by atoms with E-state index in [9.17, 15) is 8.78 Å². The molecule has 1 aromatic carbocycles. The molecule has 0 fully saturated rings. The monoisotopic (exact) mass is 235 g/mol. The maximum Gasteiger partial charge on any atom is 0.261 e. The van der Waals surface area contributed by atoms with Gasteiger partial charge in [0.15, 0.2) is 0 Å². The van der Waals surface area contributed by atoms with Crippen LogP contribution in [0.3, 0.4) is 0 Å². The molecule has 0 amide bonds. The lowest BCUT2D eigenvalue weighted by Gasteiger charge is -2.08. The van der Waals surface area contributed by atoms with Gasteiger partial charge in [-0.25, -0.2) is 8.78 Å². The molecule has 0 saturated carbocycles. The summed E-state index contributed by atoms with van der Waals surface area (Å²) in [4.78, 5) is 0. The van der Waals surface area contributed by atoms with E-state index in [0.29, 0.717) is 11.6 Å². The Kier molecular flexibility index (Phi) is 5.36. The van der Waals surface area contributed by atoms with Crippen LogP contribution in [0.2, 0.25) is 5.02 Å². The zero-order valence-electron chi connectivity index (χ0n) is 8.05. The second-order valence-corrected chi connectivity index (χ2v) is 3.28. The Labute approximate surface area is 92.2 Å². The maximum atomic E-state index is 11.7. The van der Waals surface area contributed by atoms with Gasteiger partial charge in [-0.05, 0) is 12.1 Å². The topological polar surface area (TPSA) is 21.3 Å². The minimum Gasteiger partial charge on any atom is -0.382 e.